The lowest BCUT2D eigenvalue weighted by atomic mass is 10.0. The first kappa shape index (κ1) is 25.3. The van der Waals surface area contributed by atoms with Crippen LogP contribution in [0.4, 0.5) is 5.69 Å². The van der Waals surface area contributed by atoms with Crippen LogP contribution in [0.15, 0.2) is 72.8 Å². The lowest BCUT2D eigenvalue weighted by molar-refractivity contribution is 0.0947. The van der Waals surface area contributed by atoms with E-state index in [4.69, 9.17) is 4.74 Å². The first-order chi connectivity index (χ1) is 16.1. The van der Waals surface area contributed by atoms with E-state index in [2.05, 4.69) is 19.2 Å². The highest BCUT2D eigenvalue weighted by Gasteiger charge is 2.18. The summed E-state index contributed by atoms with van der Waals surface area (Å²) in [6, 6.07) is 22.2. The van der Waals surface area contributed by atoms with Gasteiger partial charge in [-0.25, -0.2) is 8.42 Å². The number of anilines is 1. The summed E-state index contributed by atoms with van der Waals surface area (Å²) in [6.45, 7) is 7.09. The maximum absolute atomic E-state index is 12.5. The third-order valence-corrected chi connectivity index (χ3v) is 6.56. The van der Waals surface area contributed by atoms with Crippen molar-refractivity contribution in [3.8, 4) is 5.75 Å². The predicted octanol–water partition coefficient (Wildman–Crippen LogP) is 4.89. The summed E-state index contributed by atoms with van der Waals surface area (Å²) in [6.07, 6.45) is 1.19. The second kappa shape index (κ2) is 11.2. The molecular weight excluding hydrogens is 448 g/mol. The number of carbonyl (C=O) groups is 1. The monoisotopic (exact) mass is 480 g/mol. The van der Waals surface area contributed by atoms with Crippen LogP contribution in [0, 0.1) is 6.92 Å². The van der Waals surface area contributed by atoms with E-state index in [9.17, 15) is 13.2 Å². The van der Waals surface area contributed by atoms with E-state index in [1.54, 1.807) is 30.3 Å². The minimum Gasteiger partial charge on any atom is -0.491 e. The van der Waals surface area contributed by atoms with Gasteiger partial charge in [-0.2, -0.15) is 0 Å². The van der Waals surface area contributed by atoms with Gasteiger partial charge >= 0.3 is 0 Å². The number of benzene rings is 3. The second-order valence-electron chi connectivity index (χ2n) is 8.60. The lowest BCUT2D eigenvalue weighted by Gasteiger charge is -2.23. The van der Waals surface area contributed by atoms with Crippen LogP contribution in [-0.4, -0.2) is 33.7 Å². The SMILES string of the molecule is Cc1cccc(N(Cc2ccc(C(=O)NCCOc3ccccc3C(C)C)cc2)S(C)(=O)=O)c1. The number of nitrogens with one attached hydrogen (secondary N) is 1. The molecule has 0 atom stereocenters. The summed E-state index contributed by atoms with van der Waals surface area (Å²) >= 11 is 0. The molecule has 0 spiro atoms. The number of carbonyl (C=O) groups excluding carboxylic acids is 1. The van der Waals surface area contributed by atoms with Crippen LogP contribution in [-0.2, 0) is 16.6 Å². The molecule has 3 aromatic carbocycles. The van der Waals surface area contributed by atoms with E-state index in [0.29, 0.717) is 30.3 Å². The molecule has 34 heavy (non-hydrogen) atoms. The quantitative estimate of drug-likeness (QED) is 0.419. The van der Waals surface area contributed by atoms with Gasteiger partial charge in [0.1, 0.15) is 12.4 Å². The fourth-order valence-corrected chi connectivity index (χ4v) is 4.51. The molecule has 1 N–H and O–H groups in total. The molecule has 0 aliphatic heterocycles. The number of hydrogen-bond donors (Lipinski definition) is 1. The average molecular weight is 481 g/mol. The summed E-state index contributed by atoms with van der Waals surface area (Å²) in [5, 5.41) is 2.86. The highest BCUT2D eigenvalue weighted by molar-refractivity contribution is 7.92. The minimum absolute atomic E-state index is 0.188. The van der Waals surface area contributed by atoms with Crippen LogP contribution in [0.3, 0.4) is 0 Å². The van der Waals surface area contributed by atoms with Gasteiger partial charge in [-0.15, -0.1) is 0 Å². The van der Waals surface area contributed by atoms with Crippen molar-refractivity contribution in [3.05, 3.63) is 95.1 Å². The summed E-state index contributed by atoms with van der Waals surface area (Å²) in [5.74, 6) is 0.986. The fourth-order valence-electron chi connectivity index (χ4n) is 3.63. The Morgan fingerprint density at radius 2 is 1.71 bits per heavy atom. The predicted molar refractivity (Wildman–Crippen MR) is 137 cm³/mol. The zero-order valence-corrected chi connectivity index (χ0v) is 20.9. The molecule has 6 nitrogen and oxygen atoms in total. The largest absolute Gasteiger partial charge is 0.491 e. The first-order valence-corrected chi connectivity index (χ1v) is 13.1. The van der Waals surface area contributed by atoms with E-state index in [-0.39, 0.29) is 12.5 Å². The molecule has 0 saturated heterocycles. The molecule has 7 heteroatoms. The Morgan fingerprint density at radius 3 is 2.35 bits per heavy atom. The molecule has 0 aromatic heterocycles. The Morgan fingerprint density at radius 1 is 1.00 bits per heavy atom. The number of rotatable bonds is 10. The lowest BCUT2D eigenvalue weighted by Crippen LogP contribution is -2.29. The molecular formula is C27H32N2O4S. The number of amides is 1. The normalized spacial score (nSPS) is 11.3. The standard InChI is InChI=1S/C27H32N2O4S/c1-20(2)25-10-5-6-11-26(25)33-17-16-28-27(30)23-14-12-22(13-15-23)19-29(34(4,31)32)24-9-7-8-21(3)18-24/h5-15,18,20H,16-17,19H2,1-4H3,(H,28,30). The number of para-hydroxylation sites is 1. The van der Waals surface area contributed by atoms with Crippen molar-refractivity contribution in [1.29, 1.82) is 0 Å². The third-order valence-electron chi connectivity index (χ3n) is 5.42. The topological polar surface area (TPSA) is 75.7 Å². The molecule has 0 aliphatic rings. The van der Waals surface area contributed by atoms with Crippen molar-refractivity contribution in [3.63, 3.8) is 0 Å². The van der Waals surface area contributed by atoms with Crippen molar-refractivity contribution in [2.45, 2.75) is 33.2 Å². The minimum atomic E-state index is -3.47. The van der Waals surface area contributed by atoms with Crippen LogP contribution < -0.4 is 14.4 Å². The molecule has 3 aromatic rings. The molecule has 0 unspecified atom stereocenters. The van der Waals surface area contributed by atoms with Crippen molar-refractivity contribution < 1.29 is 17.9 Å². The molecule has 0 saturated carbocycles. The molecule has 3 rings (SSSR count). The number of aryl methyl sites for hydroxylation is 1. The van der Waals surface area contributed by atoms with Crippen LogP contribution in [0.2, 0.25) is 0 Å². The zero-order valence-electron chi connectivity index (χ0n) is 20.1. The Bertz CT molecular complexity index is 1220. The molecule has 0 fully saturated rings. The second-order valence-corrected chi connectivity index (χ2v) is 10.5. The van der Waals surface area contributed by atoms with Gasteiger partial charge in [-0.05, 0) is 59.9 Å². The van der Waals surface area contributed by atoms with Crippen molar-refractivity contribution in [1.82, 2.24) is 5.32 Å². The maximum Gasteiger partial charge on any atom is 0.251 e. The van der Waals surface area contributed by atoms with Gasteiger partial charge < -0.3 is 10.1 Å². The van der Waals surface area contributed by atoms with Crippen molar-refractivity contribution >= 4 is 21.6 Å². The molecule has 1 amide bonds. The third kappa shape index (κ3) is 6.84. The number of hydrogen-bond acceptors (Lipinski definition) is 4. The Balaban J connectivity index is 1.58. The molecule has 180 valence electrons. The highest BCUT2D eigenvalue weighted by atomic mass is 32.2. The number of nitrogens with zero attached hydrogens (tertiary/aromatic N) is 1. The number of ether oxygens (including phenoxy) is 1. The summed E-state index contributed by atoms with van der Waals surface area (Å²) in [7, 11) is -3.47. The van der Waals surface area contributed by atoms with E-state index < -0.39 is 10.0 Å². The first-order valence-electron chi connectivity index (χ1n) is 11.3. The summed E-state index contributed by atoms with van der Waals surface area (Å²) in [4.78, 5) is 12.5. The van der Waals surface area contributed by atoms with E-state index in [1.165, 1.54) is 10.6 Å². The van der Waals surface area contributed by atoms with Crippen LogP contribution >= 0.6 is 0 Å². The van der Waals surface area contributed by atoms with Crippen molar-refractivity contribution in [2.24, 2.45) is 0 Å². The molecule has 0 heterocycles. The molecule has 0 bridgehead atoms. The van der Waals surface area contributed by atoms with Crippen LogP contribution in [0.1, 0.15) is 46.8 Å². The van der Waals surface area contributed by atoms with Gasteiger partial charge in [0.05, 0.1) is 25.0 Å². The summed E-state index contributed by atoms with van der Waals surface area (Å²) < 4.78 is 32.0. The zero-order chi connectivity index (χ0) is 24.7. The average Bonchev–Trinajstić information content (AvgIpc) is 2.80. The van der Waals surface area contributed by atoms with Crippen molar-refractivity contribution in [2.75, 3.05) is 23.7 Å². The summed E-state index contributed by atoms with van der Waals surface area (Å²) in [5.41, 5.74) is 4.03. The Labute approximate surface area is 202 Å². The van der Waals surface area contributed by atoms with Gasteiger partial charge in [-0.1, -0.05) is 56.3 Å². The molecule has 0 radical (unpaired) electrons. The Kier molecular flexibility index (Phi) is 8.34. The van der Waals surface area contributed by atoms with Crippen LogP contribution in [0.25, 0.3) is 0 Å². The van der Waals surface area contributed by atoms with Gasteiger partial charge in [0.15, 0.2) is 0 Å². The van der Waals surface area contributed by atoms with Crippen LogP contribution in [0.5, 0.6) is 5.75 Å². The van der Waals surface area contributed by atoms with Gasteiger partial charge in [0, 0.05) is 5.56 Å². The smallest absolute Gasteiger partial charge is 0.251 e. The van der Waals surface area contributed by atoms with E-state index in [1.807, 2.05) is 49.4 Å². The van der Waals surface area contributed by atoms with Gasteiger partial charge in [0.2, 0.25) is 10.0 Å². The molecule has 0 aliphatic carbocycles. The van der Waals surface area contributed by atoms with E-state index >= 15 is 0 Å². The van der Waals surface area contributed by atoms with E-state index in [0.717, 1.165) is 22.4 Å². The fraction of sp³-hybridized carbons (Fsp3) is 0.296. The van der Waals surface area contributed by atoms with Gasteiger partial charge in [-0.3, -0.25) is 9.10 Å². The van der Waals surface area contributed by atoms with Gasteiger partial charge in [0.25, 0.3) is 5.91 Å². The number of sulfonamides is 1. The maximum atomic E-state index is 12.5. The Hall–Kier alpha value is -3.32. The highest BCUT2D eigenvalue weighted by Crippen LogP contribution is 2.25.